The number of nitrogens with zero attached hydrogens (tertiary/aromatic N) is 2. The Labute approximate surface area is 157 Å². The van der Waals surface area contributed by atoms with Crippen LogP contribution in [0.5, 0.6) is 5.75 Å². The number of likely N-dealkylation sites (N-methyl/N-ethyl adjacent to an activating group) is 1. The molecular weight excluding hydrogens is 344 g/mol. The number of fused-ring (bicyclic) bond motifs is 2. The van der Waals surface area contributed by atoms with Gasteiger partial charge in [0.15, 0.2) is 12.4 Å². The predicted octanol–water partition coefficient (Wildman–Crippen LogP) is 2.66. The first-order chi connectivity index (χ1) is 13.0. The first-order valence-corrected chi connectivity index (χ1v) is 9.01. The molecule has 138 valence electrons. The molecule has 0 aromatic heterocycles. The minimum Gasteiger partial charge on any atom is -0.482 e. The number of rotatable bonds is 4. The lowest BCUT2D eigenvalue weighted by Gasteiger charge is -2.29. The van der Waals surface area contributed by atoms with Crippen LogP contribution in [0.2, 0.25) is 0 Å². The Bertz CT molecular complexity index is 953. The summed E-state index contributed by atoms with van der Waals surface area (Å²) in [5.74, 6) is 0.171. The maximum Gasteiger partial charge on any atom is 0.265 e. The molecule has 2 heterocycles. The van der Waals surface area contributed by atoms with Gasteiger partial charge in [-0.1, -0.05) is 18.2 Å². The van der Waals surface area contributed by atoms with Crippen molar-refractivity contribution in [2.75, 3.05) is 18.1 Å². The van der Waals surface area contributed by atoms with Gasteiger partial charge in [0.25, 0.3) is 11.8 Å². The van der Waals surface area contributed by atoms with E-state index in [1.165, 1.54) is 0 Å². The van der Waals surface area contributed by atoms with E-state index in [-0.39, 0.29) is 24.2 Å². The van der Waals surface area contributed by atoms with Crippen LogP contribution in [0.1, 0.15) is 40.1 Å². The molecule has 4 rings (SSSR count). The summed E-state index contributed by atoms with van der Waals surface area (Å²) in [6.45, 7) is 4.55. The summed E-state index contributed by atoms with van der Waals surface area (Å²) < 4.78 is 5.46. The summed E-state index contributed by atoms with van der Waals surface area (Å²) >= 11 is 0. The number of benzene rings is 2. The molecule has 27 heavy (non-hydrogen) atoms. The number of hydrogen-bond acceptors (Lipinski definition) is 4. The Hall–Kier alpha value is -3.15. The third-order valence-corrected chi connectivity index (χ3v) is 5.20. The summed E-state index contributed by atoms with van der Waals surface area (Å²) in [6.07, 6.45) is 0. The molecule has 2 aromatic carbocycles. The van der Waals surface area contributed by atoms with Gasteiger partial charge in [-0.05, 0) is 43.7 Å². The van der Waals surface area contributed by atoms with Gasteiger partial charge < -0.3 is 14.5 Å². The van der Waals surface area contributed by atoms with Crippen LogP contribution in [0.25, 0.3) is 0 Å². The number of hydrogen-bond donors (Lipinski definition) is 0. The Morgan fingerprint density at radius 3 is 2.70 bits per heavy atom. The maximum atomic E-state index is 13.1. The summed E-state index contributed by atoms with van der Waals surface area (Å²) in [4.78, 5) is 40.9. The standard InChI is InChI=1S/C21H20N2O4/c1-3-22-17-10-14(8-9-18(17)27-12-19(22)24)20(25)13(2)23-11-15-6-4-5-7-16(15)21(23)26/h4-10,13H,3,11-12H2,1-2H3. The van der Waals surface area contributed by atoms with E-state index < -0.39 is 6.04 Å². The molecule has 0 radical (unpaired) electrons. The number of Topliss-reactive ketones (excluding diaryl/α,β-unsaturated/α-hetero) is 1. The van der Waals surface area contributed by atoms with Crippen molar-refractivity contribution in [2.45, 2.75) is 26.4 Å². The van der Waals surface area contributed by atoms with E-state index in [1.54, 1.807) is 41.0 Å². The first kappa shape index (κ1) is 17.3. The Morgan fingerprint density at radius 1 is 1.19 bits per heavy atom. The summed E-state index contributed by atoms with van der Waals surface area (Å²) in [5.41, 5.74) is 2.65. The van der Waals surface area contributed by atoms with Gasteiger partial charge in [0.1, 0.15) is 5.75 Å². The average Bonchev–Trinajstić information content (AvgIpc) is 3.03. The predicted molar refractivity (Wildman–Crippen MR) is 100 cm³/mol. The molecule has 1 atom stereocenters. The molecule has 0 saturated heterocycles. The van der Waals surface area contributed by atoms with Crippen molar-refractivity contribution >= 4 is 23.3 Å². The average molecular weight is 364 g/mol. The van der Waals surface area contributed by atoms with E-state index in [4.69, 9.17) is 4.74 Å². The van der Waals surface area contributed by atoms with Crippen LogP contribution in [0.15, 0.2) is 42.5 Å². The van der Waals surface area contributed by atoms with Gasteiger partial charge in [0, 0.05) is 24.2 Å². The van der Waals surface area contributed by atoms with E-state index >= 15 is 0 Å². The van der Waals surface area contributed by atoms with Gasteiger partial charge in [-0.15, -0.1) is 0 Å². The van der Waals surface area contributed by atoms with Crippen molar-refractivity contribution in [2.24, 2.45) is 0 Å². The first-order valence-electron chi connectivity index (χ1n) is 9.01. The molecule has 6 nitrogen and oxygen atoms in total. The molecule has 2 aliphatic heterocycles. The molecule has 0 N–H and O–H groups in total. The molecular formula is C21H20N2O4. The van der Waals surface area contributed by atoms with Crippen molar-refractivity contribution in [3.05, 3.63) is 59.2 Å². The van der Waals surface area contributed by atoms with Crippen molar-refractivity contribution in [1.82, 2.24) is 4.90 Å². The summed E-state index contributed by atoms with van der Waals surface area (Å²) in [6, 6.07) is 11.9. The monoisotopic (exact) mass is 364 g/mol. The zero-order chi connectivity index (χ0) is 19.1. The Balaban J connectivity index is 1.61. The lowest BCUT2D eigenvalue weighted by molar-refractivity contribution is -0.121. The zero-order valence-corrected chi connectivity index (χ0v) is 15.3. The minimum atomic E-state index is -0.599. The van der Waals surface area contributed by atoms with Crippen LogP contribution in [0.4, 0.5) is 5.69 Å². The second-order valence-electron chi connectivity index (χ2n) is 6.74. The van der Waals surface area contributed by atoms with E-state index in [9.17, 15) is 14.4 Å². The van der Waals surface area contributed by atoms with Gasteiger partial charge in [-0.25, -0.2) is 0 Å². The van der Waals surface area contributed by atoms with Crippen LogP contribution >= 0.6 is 0 Å². The quantitative estimate of drug-likeness (QED) is 0.783. The van der Waals surface area contributed by atoms with E-state index in [1.807, 2.05) is 25.1 Å². The van der Waals surface area contributed by atoms with Crippen LogP contribution in [-0.2, 0) is 11.3 Å². The fraction of sp³-hybridized carbons (Fsp3) is 0.286. The maximum absolute atomic E-state index is 13.1. The topological polar surface area (TPSA) is 66.9 Å². The van der Waals surface area contributed by atoms with E-state index in [0.717, 1.165) is 5.56 Å². The molecule has 2 aromatic rings. The van der Waals surface area contributed by atoms with Crippen molar-refractivity contribution in [3.63, 3.8) is 0 Å². The lowest BCUT2D eigenvalue weighted by atomic mass is 10.0. The van der Waals surface area contributed by atoms with Crippen molar-refractivity contribution < 1.29 is 19.1 Å². The second-order valence-corrected chi connectivity index (χ2v) is 6.74. The lowest BCUT2D eigenvalue weighted by Crippen LogP contribution is -2.40. The van der Waals surface area contributed by atoms with Gasteiger partial charge in [-0.2, -0.15) is 0 Å². The van der Waals surface area contributed by atoms with Crippen LogP contribution in [0, 0.1) is 0 Å². The van der Waals surface area contributed by atoms with Gasteiger partial charge >= 0.3 is 0 Å². The largest absolute Gasteiger partial charge is 0.482 e. The Morgan fingerprint density at radius 2 is 1.96 bits per heavy atom. The molecule has 0 saturated carbocycles. The van der Waals surface area contributed by atoms with Crippen molar-refractivity contribution in [3.8, 4) is 5.75 Å². The third-order valence-electron chi connectivity index (χ3n) is 5.20. The second kappa shape index (κ2) is 6.54. The molecule has 0 aliphatic carbocycles. The fourth-order valence-corrected chi connectivity index (χ4v) is 3.67. The molecule has 2 aliphatic rings. The summed E-state index contributed by atoms with van der Waals surface area (Å²) in [5, 5.41) is 0. The minimum absolute atomic E-state index is 0.00503. The highest BCUT2D eigenvalue weighted by atomic mass is 16.5. The highest BCUT2D eigenvalue weighted by Gasteiger charge is 2.34. The van der Waals surface area contributed by atoms with Crippen LogP contribution in [-0.4, -0.2) is 41.7 Å². The molecule has 0 spiro atoms. The zero-order valence-electron chi connectivity index (χ0n) is 15.3. The number of carbonyl (C=O) groups excluding carboxylic acids is 3. The van der Waals surface area contributed by atoms with Crippen LogP contribution < -0.4 is 9.64 Å². The molecule has 0 fully saturated rings. The van der Waals surface area contributed by atoms with Gasteiger partial charge in [-0.3, -0.25) is 14.4 Å². The van der Waals surface area contributed by atoms with E-state index in [0.29, 0.717) is 35.7 Å². The summed E-state index contributed by atoms with van der Waals surface area (Å²) in [7, 11) is 0. The SMILES string of the molecule is CCN1C(=O)COc2ccc(C(=O)C(C)N3Cc4ccccc4C3=O)cc21. The van der Waals surface area contributed by atoms with Crippen LogP contribution in [0.3, 0.4) is 0 Å². The van der Waals surface area contributed by atoms with Gasteiger partial charge in [0.05, 0.1) is 11.7 Å². The molecule has 2 amide bonds. The number of carbonyl (C=O) groups is 3. The van der Waals surface area contributed by atoms with E-state index in [2.05, 4.69) is 0 Å². The Kier molecular flexibility index (Phi) is 4.18. The number of anilines is 1. The van der Waals surface area contributed by atoms with Gasteiger partial charge in [0.2, 0.25) is 0 Å². The number of amides is 2. The number of ether oxygens (including phenoxy) is 1. The third kappa shape index (κ3) is 2.77. The fourth-order valence-electron chi connectivity index (χ4n) is 3.67. The highest BCUT2D eigenvalue weighted by molar-refractivity contribution is 6.07. The molecule has 6 heteroatoms. The highest BCUT2D eigenvalue weighted by Crippen LogP contribution is 2.34. The smallest absolute Gasteiger partial charge is 0.265 e. The normalized spacial score (nSPS) is 16.7. The molecule has 1 unspecified atom stereocenters. The van der Waals surface area contributed by atoms with Crippen molar-refractivity contribution in [1.29, 1.82) is 0 Å². The number of ketones is 1. The molecule has 0 bridgehead atoms.